The van der Waals surface area contributed by atoms with Crippen LogP contribution in [-0.2, 0) is 19.9 Å². The molecule has 2 N–H and O–H groups in total. The maximum atomic E-state index is 12.3. The number of hydrogen-bond donors (Lipinski definition) is 2. The van der Waals surface area contributed by atoms with Gasteiger partial charge in [0.25, 0.3) is 0 Å². The summed E-state index contributed by atoms with van der Waals surface area (Å²) in [6.45, 7) is 2.35. The van der Waals surface area contributed by atoms with E-state index >= 15 is 0 Å². The third-order valence-electron chi connectivity index (χ3n) is 3.69. The number of hydrogen-bond acceptors (Lipinski definition) is 6. The van der Waals surface area contributed by atoms with Gasteiger partial charge in [-0.3, -0.25) is 0 Å². The Morgan fingerprint density at radius 2 is 2.04 bits per heavy atom. The van der Waals surface area contributed by atoms with Gasteiger partial charge >= 0.3 is 0 Å². The van der Waals surface area contributed by atoms with Crippen molar-refractivity contribution in [1.82, 2.24) is 10.0 Å². The fraction of sp³-hybridized carbons (Fsp3) is 0.571. The highest BCUT2D eigenvalue weighted by Gasteiger charge is 2.27. The molecule has 1 aliphatic heterocycles. The highest BCUT2D eigenvalue weighted by Crippen LogP contribution is 2.24. The largest absolute Gasteiger partial charge is 0.495 e. The van der Waals surface area contributed by atoms with Gasteiger partial charge in [0.2, 0.25) is 10.0 Å². The van der Waals surface area contributed by atoms with Crippen molar-refractivity contribution in [3.8, 4) is 5.75 Å². The predicted molar refractivity (Wildman–Crippen MR) is 88.0 cm³/mol. The maximum absolute atomic E-state index is 12.3. The zero-order valence-electron chi connectivity index (χ0n) is 13.2. The van der Waals surface area contributed by atoms with Crippen molar-refractivity contribution in [3.63, 3.8) is 0 Å². The van der Waals surface area contributed by atoms with Crippen molar-refractivity contribution in [3.05, 3.63) is 23.8 Å². The van der Waals surface area contributed by atoms with E-state index in [-0.39, 0.29) is 34.7 Å². The fourth-order valence-corrected chi connectivity index (χ4v) is 5.48. The summed E-state index contributed by atoms with van der Waals surface area (Å²) in [5.74, 6) is 0.598. The van der Waals surface area contributed by atoms with Crippen molar-refractivity contribution in [2.75, 3.05) is 31.7 Å². The Bertz CT molecular complexity index is 759. The van der Waals surface area contributed by atoms with Gasteiger partial charge in [-0.15, -0.1) is 0 Å². The summed E-state index contributed by atoms with van der Waals surface area (Å²) in [5, 5.41) is 3.06. The van der Waals surface area contributed by atoms with E-state index in [1.54, 1.807) is 25.1 Å². The highest BCUT2D eigenvalue weighted by atomic mass is 32.2. The molecule has 9 heteroatoms. The van der Waals surface area contributed by atoms with Crippen LogP contribution in [0.2, 0.25) is 0 Å². The average Bonchev–Trinajstić information content (AvgIpc) is 2.83. The van der Waals surface area contributed by atoms with Crippen molar-refractivity contribution in [2.45, 2.75) is 24.3 Å². The topological polar surface area (TPSA) is 102 Å². The molecule has 7 nitrogen and oxygen atoms in total. The minimum atomic E-state index is -3.68. The van der Waals surface area contributed by atoms with Crippen molar-refractivity contribution in [1.29, 1.82) is 0 Å². The lowest BCUT2D eigenvalue weighted by atomic mass is 10.2. The van der Waals surface area contributed by atoms with Gasteiger partial charge in [0, 0.05) is 19.1 Å². The van der Waals surface area contributed by atoms with Crippen LogP contribution in [0.15, 0.2) is 23.1 Å². The second-order valence-electron chi connectivity index (χ2n) is 5.61. The van der Waals surface area contributed by atoms with Gasteiger partial charge in [-0.05, 0) is 31.0 Å². The SMILES string of the molecule is COc1ccc(C)cc1S(=O)(=O)NCCN[C@@H]1CCS(=O)(=O)C1. The van der Waals surface area contributed by atoms with Crippen LogP contribution in [0.4, 0.5) is 0 Å². The first-order valence-corrected chi connectivity index (χ1v) is 10.6. The summed E-state index contributed by atoms with van der Waals surface area (Å²) in [6.07, 6.45) is 0.570. The summed E-state index contributed by atoms with van der Waals surface area (Å²) < 4.78 is 55.0. The first-order chi connectivity index (χ1) is 10.7. The molecule has 0 spiro atoms. The molecule has 0 aliphatic carbocycles. The lowest BCUT2D eigenvalue weighted by Crippen LogP contribution is -2.37. The van der Waals surface area contributed by atoms with Crippen LogP contribution >= 0.6 is 0 Å². The molecule has 1 atom stereocenters. The van der Waals surface area contributed by atoms with Crippen LogP contribution < -0.4 is 14.8 Å². The van der Waals surface area contributed by atoms with Crippen LogP contribution in [-0.4, -0.2) is 54.6 Å². The molecule has 1 fully saturated rings. The summed E-state index contributed by atoms with van der Waals surface area (Å²) in [6, 6.07) is 4.85. The van der Waals surface area contributed by atoms with Gasteiger partial charge in [0.15, 0.2) is 9.84 Å². The van der Waals surface area contributed by atoms with Crippen molar-refractivity contribution >= 4 is 19.9 Å². The summed E-state index contributed by atoms with van der Waals surface area (Å²) in [7, 11) is -5.19. The van der Waals surface area contributed by atoms with E-state index in [2.05, 4.69) is 10.0 Å². The molecule has 1 aromatic carbocycles. The molecule has 0 radical (unpaired) electrons. The normalized spacial score (nSPS) is 20.5. The minimum absolute atomic E-state index is 0.0991. The van der Waals surface area contributed by atoms with Crippen LogP contribution in [0, 0.1) is 6.92 Å². The lowest BCUT2D eigenvalue weighted by Gasteiger charge is -2.13. The Kier molecular flexibility index (Phi) is 5.66. The Balaban J connectivity index is 1.91. The van der Waals surface area contributed by atoms with Crippen molar-refractivity contribution in [2.24, 2.45) is 0 Å². The molecular weight excluding hydrogens is 340 g/mol. The van der Waals surface area contributed by atoms with Crippen LogP contribution in [0.5, 0.6) is 5.75 Å². The molecule has 0 saturated carbocycles. The summed E-state index contributed by atoms with van der Waals surface area (Å²) >= 11 is 0. The number of sulfone groups is 1. The van der Waals surface area contributed by atoms with Crippen molar-refractivity contribution < 1.29 is 21.6 Å². The quantitative estimate of drug-likeness (QED) is 0.665. The Morgan fingerprint density at radius 1 is 1.30 bits per heavy atom. The number of aryl methyl sites for hydroxylation is 1. The van der Waals surface area contributed by atoms with E-state index < -0.39 is 19.9 Å². The molecule has 1 heterocycles. The second kappa shape index (κ2) is 7.16. The monoisotopic (exact) mass is 362 g/mol. The Hall–Kier alpha value is -1.16. The van der Waals surface area contributed by atoms with Gasteiger partial charge in [0.1, 0.15) is 10.6 Å². The summed E-state index contributed by atoms with van der Waals surface area (Å²) in [5.41, 5.74) is 0.820. The molecular formula is C14H22N2O5S2. The summed E-state index contributed by atoms with van der Waals surface area (Å²) in [4.78, 5) is 0.100. The zero-order valence-corrected chi connectivity index (χ0v) is 14.8. The molecule has 0 bridgehead atoms. The van der Waals surface area contributed by atoms with E-state index in [9.17, 15) is 16.8 Å². The molecule has 0 unspecified atom stereocenters. The number of benzene rings is 1. The van der Waals surface area contributed by atoms with Gasteiger partial charge < -0.3 is 10.1 Å². The van der Waals surface area contributed by atoms with Crippen LogP contribution in [0.3, 0.4) is 0 Å². The molecule has 0 amide bonds. The Morgan fingerprint density at radius 3 is 2.65 bits per heavy atom. The van der Waals surface area contributed by atoms with Gasteiger partial charge in [-0.25, -0.2) is 21.6 Å². The highest BCUT2D eigenvalue weighted by molar-refractivity contribution is 7.91. The van der Waals surface area contributed by atoms with Gasteiger partial charge in [0.05, 0.1) is 18.6 Å². The molecule has 130 valence electrons. The van der Waals surface area contributed by atoms with E-state index in [1.165, 1.54) is 7.11 Å². The lowest BCUT2D eigenvalue weighted by molar-refractivity contribution is 0.402. The second-order valence-corrected chi connectivity index (χ2v) is 9.57. The van der Waals surface area contributed by atoms with Crippen LogP contribution in [0.1, 0.15) is 12.0 Å². The molecule has 23 heavy (non-hydrogen) atoms. The standard InChI is InChI=1S/C14H22N2O5S2/c1-11-3-4-13(21-2)14(9-11)23(19,20)16-7-6-15-12-5-8-22(17,18)10-12/h3-4,9,12,15-16H,5-8,10H2,1-2H3/t12-/m1/s1. The first-order valence-electron chi connectivity index (χ1n) is 7.31. The third-order valence-corrected chi connectivity index (χ3v) is 6.94. The fourth-order valence-electron chi connectivity index (χ4n) is 2.49. The van der Waals surface area contributed by atoms with E-state index in [1.807, 2.05) is 0 Å². The van der Waals surface area contributed by atoms with Gasteiger partial charge in [-0.2, -0.15) is 0 Å². The zero-order chi connectivity index (χ0) is 17.1. The molecule has 1 aliphatic rings. The third kappa shape index (κ3) is 4.90. The minimum Gasteiger partial charge on any atom is -0.495 e. The maximum Gasteiger partial charge on any atom is 0.244 e. The number of methoxy groups -OCH3 is 1. The van der Waals surface area contributed by atoms with E-state index in [0.29, 0.717) is 13.0 Å². The van der Waals surface area contributed by atoms with Crippen LogP contribution in [0.25, 0.3) is 0 Å². The van der Waals surface area contributed by atoms with Gasteiger partial charge in [-0.1, -0.05) is 6.07 Å². The number of nitrogens with one attached hydrogen (secondary N) is 2. The number of ether oxygens (including phenoxy) is 1. The average molecular weight is 362 g/mol. The molecule has 0 aromatic heterocycles. The predicted octanol–water partition coefficient (Wildman–Crippen LogP) is 0.0586. The number of rotatable bonds is 7. The Labute approximate surface area is 137 Å². The molecule has 1 saturated heterocycles. The smallest absolute Gasteiger partial charge is 0.244 e. The van der Waals surface area contributed by atoms with E-state index in [4.69, 9.17) is 4.74 Å². The first kappa shape index (κ1) is 18.2. The van der Waals surface area contributed by atoms with E-state index in [0.717, 1.165) is 5.56 Å². The molecule has 2 rings (SSSR count). The number of sulfonamides is 1. The molecule has 1 aromatic rings.